The highest BCUT2D eigenvalue weighted by Gasteiger charge is 2.28. The first-order valence-corrected chi connectivity index (χ1v) is 15.9. The van der Waals surface area contributed by atoms with E-state index in [1.807, 2.05) is 57.2 Å². The van der Waals surface area contributed by atoms with Crippen LogP contribution in [0.25, 0.3) is 11.1 Å². The molecule has 10 heteroatoms. The smallest absolute Gasteiger partial charge is 0.407 e. The Morgan fingerprint density at radius 2 is 1.72 bits per heavy atom. The van der Waals surface area contributed by atoms with Crippen LogP contribution in [0.4, 0.5) is 9.18 Å². The first-order chi connectivity index (χ1) is 22.0. The number of nitriles is 1. The summed E-state index contributed by atoms with van der Waals surface area (Å²) < 4.78 is 37.9. The van der Waals surface area contributed by atoms with Gasteiger partial charge in [0, 0.05) is 48.3 Å². The summed E-state index contributed by atoms with van der Waals surface area (Å²) in [7, 11) is 3.12. The van der Waals surface area contributed by atoms with Crippen LogP contribution in [0, 0.1) is 17.1 Å². The van der Waals surface area contributed by atoms with Crippen LogP contribution in [0.5, 0.6) is 11.5 Å². The van der Waals surface area contributed by atoms with E-state index >= 15 is 4.39 Å². The van der Waals surface area contributed by atoms with Gasteiger partial charge in [0.25, 0.3) is 0 Å². The maximum absolute atomic E-state index is 16.0. The zero-order valence-corrected chi connectivity index (χ0v) is 27.9. The molecule has 1 unspecified atom stereocenters. The van der Waals surface area contributed by atoms with E-state index < -0.39 is 11.4 Å². The van der Waals surface area contributed by atoms with Crippen LogP contribution < -0.4 is 20.1 Å². The second kappa shape index (κ2) is 16.1. The van der Waals surface area contributed by atoms with E-state index in [2.05, 4.69) is 16.7 Å². The van der Waals surface area contributed by atoms with Crippen molar-refractivity contribution in [2.24, 2.45) is 0 Å². The summed E-state index contributed by atoms with van der Waals surface area (Å²) in [6, 6.07) is 18.9. The Morgan fingerprint density at radius 1 is 1.02 bits per heavy atom. The number of nitrogens with zero attached hydrogens (tertiary/aromatic N) is 1. The molecule has 0 spiro atoms. The summed E-state index contributed by atoms with van der Waals surface area (Å²) in [4.78, 5) is 12.3. The van der Waals surface area contributed by atoms with Gasteiger partial charge in [-0.3, -0.25) is 0 Å². The summed E-state index contributed by atoms with van der Waals surface area (Å²) in [6.45, 7) is 6.57. The Balaban J connectivity index is 1.62. The molecule has 0 bridgehead atoms. The molecular weight excluding hydrogens is 609 g/mol. The first-order valence-electron chi connectivity index (χ1n) is 15.5. The van der Waals surface area contributed by atoms with Gasteiger partial charge in [0.05, 0.1) is 30.4 Å². The Kier molecular flexibility index (Phi) is 12.3. The zero-order valence-electron chi connectivity index (χ0n) is 27.1. The van der Waals surface area contributed by atoms with Gasteiger partial charge in [-0.2, -0.15) is 5.26 Å². The number of hydrogen-bond acceptors (Lipinski definition) is 7. The quantitative estimate of drug-likeness (QED) is 0.194. The van der Waals surface area contributed by atoms with E-state index in [4.69, 9.17) is 30.5 Å². The predicted molar refractivity (Wildman–Crippen MR) is 177 cm³/mol. The van der Waals surface area contributed by atoms with Gasteiger partial charge in [0.1, 0.15) is 18.0 Å². The van der Waals surface area contributed by atoms with Gasteiger partial charge in [0.2, 0.25) is 0 Å². The maximum atomic E-state index is 16.0. The van der Waals surface area contributed by atoms with Gasteiger partial charge in [-0.1, -0.05) is 41.9 Å². The summed E-state index contributed by atoms with van der Waals surface area (Å²) in [5.41, 5.74) is 1.89. The molecule has 46 heavy (non-hydrogen) atoms. The third-order valence-electron chi connectivity index (χ3n) is 8.00. The molecule has 0 aliphatic heterocycles. The van der Waals surface area contributed by atoms with Crippen LogP contribution in [-0.2, 0) is 9.47 Å². The van der Waals surface area contributed by atoms with Crippen molar-refractivity contribution in [3.05, 3.63) is 82.1 Å². The number of nitrogens with one attached hydrogen (secondary N) is 2. The van der Waals surface area contributed by atoms with Crippen molar-refractivity contribution in [1.82, 2.24) is 10.6 Å². The molecule has 3 aromatic rings. The van der Waals surface area contributed by atoms with Crippen molar-refractivity contribution in [1.29, 1.82) is 5.26 Å². The third-order valence-corrected chi connectivity index (χ3v) is 8.31. The highest BCUT2D eigenvalue weighted by molar-refractivity contribution is 6.33. The molecular formula is C36H43ClFN3O5. The fourth-order valence-electron chi connectivity index (χ4n) is 5.77. The van der Waals surface area contributed by atoms with Crippen molar-refractivity contribution < 1.29 is 28.1 Å². The van der Waals surface area contributed by atoms with E-state index in [-0.39, 0.29) is 59.2 Å². The number of ether oxygens (including phenoxy) is 4. The van der Waals surface area contributed by atoms with Gasteiger partial charge in [-0.25, -0.2) is 9.18 Å². The number of methoxy groups -OCH3 is 2. The lowest BCUT2D eigenvalue weighted by Gasteiger charge is -2.32. The number of amides is 1. The molecule has 1 amide bonds. The van der Waals surface area contributed by atoms with Gasteiger partial charge < -0.3 is 29.6 Å². The van der Waals surface area contributed by atoms with Crippen LogP contribution in [0.15, 0.2) is 54.6 Å². The fraction of sp³-hybridized carbons (Fsp3) is 0.444. The SMILES string of the molecule is COCCOc1ccc(C#N)c(-c2cc(C(CNC3CCC(NC(=O)OC(C)(C)C)CC3)c3ccccc3)c(OC)cc2Cl)c1F. The molecule has 0 heterocycles. The molecule has 0 aromatic heterocycles. The molecule has 2 N–H and O–H groups in total. The largest absolute Gasteiger partial charge is 0.496 e. The highest BCUT2D eigenvalue weighted by atomic mass is 35.5. The molecule has 4 rings (SSSR count). The molecule has 1 aliphatic rings. The van der Waals surface area contributed by atoms with Crippen molar-refractivity contribution in [3.8, 4) is 28.7 Å². The molecule has 246 valence electrons. The predicted octanol–water partition coefficient (Wildman–Crippen LogP) is 7.61. The molecule has 1 fully saturated rings. The van der Waals surface area contributed by atoms with Gasteiger partial charge in [-0.05, 0) is 76.3 Å². The van der Waals surface area contributed by atoms with Gasteiger partial charge in [-0.15, -0.1) is 0 Å². The molecule has 1 saturated carbocycles. The Labute approximate surface area is 276 Å². The summed E-state index contributed by atoms with van der Waals surface area (Å²) in [5.74, 6) is -0.280. The summed E-state index contributed by atoms with van der Waals surface area (Å²) >= 11 is 6.76. The third kappa shape index (κ3) is 9.12. The van der Waals surface area contributed by atoms with E-state index in [1.54, 1.807) is 13.2 Å². The molecule has 1 aliphatic carbocycles. The van der Waals surface area contributed by atoms with E-state index in [0.717, 1.165) is 36.8 Å². The van der Waals surface area contributed by atoms with Crippen LogP contribution in [0.1, 0.15) is 69.1 Å². The molecule has 3 aromatic carbocycles. The normalized spacial score (nSPS) is 17.1. The van der Waals surface area contributed by atoms with Crippen LogP contribution in [-0.4, -0.2) is 57.8 Å². The lowest BCUT2D eigenvalue weighted by Crippen LogP contribution is -2.44. The monoisotopic (exact) mass is 651 g/mol. The van der Waals surface area contributed by atoms with Crippen LogP contribution >= 0.6 is 11.6 Å². The van der Waals surface area contributed by atoms with E-state index in [1.165, 1.54) is 19.2 Å². The number of carbonyl (C=O) groups excluding carboxylic acids is 1. The lowest BCUT2D eigenvalue weighted by atomic mass is 9.86. The number of alkyl carbamates (subject to hydrolysis) is 1. The number of benzene rings is 3. The number of carbonyl (C=O) groups is 1. The average molecular weight is 652 g/mol. The molecule has 0 radical (unpaired) electrons. The van der Waals surface area contributed by atoms with Crippen molar-refractivity contribution in [3.63, 3.8) is 0 Å². The summed E-state index contributed by atoms with van der Waals surface area (Å²) in [5, 5.41) is 16.9. The second-order valence-corrected chi connectivity index (χ2v) is 12.8. The Hall–Kier alpha value is -3.84. The standard InChI is InChI=1S/C36H43ClFN3O5/c1-36(2,3)46-35(42)41-26-14-12-25(13-15-26)40-22-29(23-9-7-6-8-10-23)27-19-28(30(37)20-32(27)44-5)33-24(21-39)11-16-31(34(33)38)45-18-17-43-4/h6-11,16,19-20,25-26,29,40H,12-15,17-18,22H2,1-5H3,(H,41,42). The summed E-state index contributed by atoms with van der Waals surface area (Å²) in [6.07, 6.45) is 3.05. The number of halogens is 2. The zero-order chi connectivity index (χ0) is 33.3. The number of hydrogen-bond donors (Lipinski definition) is 2. The van der Waals surface area contributed by atoms with Crippen LogP contribution in [0.2, 0.25) is 5.02 Å². The topological polar surface area (TPSA) is 102 Å². The molecule has 8 nitrogen and oxygen atoms in total. The average Bonchev–Trinajstić information content (AvgIpc) is 3.02. The van der Waals surface area contributed by atoms with Gasteiger partial charge >= 0.3 is 6.09 Å². The van der Waals surface area contributed by atoms with Crippen molar-refractivity contribution in [2.45, 2.75) is 70.1 Å². The first kappa shape index (κ1) is 35.0. The van der Waals surface area contributed by atoms with Gasteiger partial charge in [0.15, 0.2) is 11.6 Å². The van der Waals surface area contributed by atoms with Crippen molar-refractivity contribution in [2.75, 3.05) is 34.0 Å². The lowest BCUT2D eigenvalue weighted by molar-refractivity contribution is 0.0489. The molecule has 1 atom stereocenters. The Morgan fingerprint density at radius 3 is 2.35 bits per heavy atom. The fourth-order valence-corrected chi connectivity index (χ4v) is 6.01. The molecule has 0 saturated heterocycles. The van der Waals surface area contributed by atoms with Crippen molar-refractivity contribution >= 4 is 17.7 Å². The minimum Gasteiger partial charge on any atom is -0.496 e. The van der Waals surface area contributed by atoms with E-state index in [0.29, 0.717) is 17.9 Å². The minimum absolute atomic E-state index is 0.0116. The minimum atomic E-state index is -0.667. The Bertz CT molecular complexity index is 1510. The highest BCUT2D eigenvalue weighted by Crippen LogP contribution is 2.43. The maximum Gasteiger partial charge on any atom is 0.407 e. The van der Waals surface area contributed by atoms with Crippen LogP contribution in [0.3, 0.4) is 0 Å². The second-order valence-electron chi connectivity index (χ2n) is 12.4. The number of rotatable bonds is 12. The van der Waals surface area contributed by atoms with E-state index in [9.17, 15) is 10.1 Å².